The summed E-state index contributed by atoms with van der Waals surface area (Å²) in [5.41, 5.74) is 1.90. The van der Waals surface area contributed by atoms with E-state index in [0.29, 0.717) is 23.7 Å². The normalized spacial score (nSPS) is 19.6. The highest BCUT2D eigenvalue weighted by Crippen LogP contribution is 2.19. The number of carbonyl (C=O) groups is 1. The molecule has 0 aromatic carbocycles. The fraction of sp³-hybridized carbons (Fsp3) is 0.350. The van der Waals surface area contributed by atoms with Gasteiger partial charge in [-0.3, -0.25) is 9.89 Å². The molecule has 2 atom stereocenters. The Bertz CT molecular complexity index is 910. The summed E-state index contributed by atoms with van der Waals surface area (Å²) in [4.78, 5) is 19.1. The Morgan fingerprint density at radius 3 is 2.79 bits per heavy atom. The number of H-pyrrole nitrogens is 1. The maximum Gasteiger partial charge on any atom is 0.272 e. The Balaban J connectivity index is 1.34. The number of carbonyl (C=O) groups excluding carboxylic acids is 1. The summed E-state index contributed by atoms with van der Waals surface area (Å²) in [6.45, 7) is 6.16. The Kier molecular flexibility index (Phi) is 5.12. The van der Waals surface area contributed by atoms with Gasteiger partial charge >= 0.3 is 0 Å². The highest BCUT2D eigenvalue weighted by atomic mass is 16.5. The number of morpholine rings is 1. The number of ether oxygens (including phenoxy) is 1. The van der Waals surface area contributed by atoms with Gasteiger partial charge in [0.1, 0.15) is 11.5 Å². The van der Waals surface area contributed by atoms with Crippen LogP contribution in [0.1, 0.15) is 29.9 Å². The van der Waals surface area contributed by atoms with Crippen molar-refractivity contribution in [2.45, 2.75) is 32.6 Å². The van der Waals surface area contributed by atoms with Crippen molar-refractivity contribution in [1.29, 1.82) is 0 Å². The largest absolute Gasteiger partial charge is 0.463 e. The number of anilines is 1. The van der Waals surface area contributed by atoms with E-state index in [1.807, 2.05) is 12.1 Å². The molecule has 4 heterocycles. The first-order chi connectivity index (χ1) is 13.6. The second-order valence-electron chi connectivity index (χ2n) is 7.01. The molecule has 0 spiro atoms. The number of aromatic amines is 1. The van der Waals surface area contributed by atoms with E-state index in [-0.39, 0.29) is 18.1 Å². The average Bonchev–Trinajstić information content (AvgIpc) is 3.37. The van der Waals surface area contributed by atoms with Crippen LogP contribution in [0.25, 0.3) is 11.5 Å². The van der Waals surface area contributed by atoms with Crippen molar-refractivity contribution in [3.05, 3.63) is 54.0 Å². The molecule has 0 radical (unpaired) electrons. The standard InChI is InChI=1S/C20H23N5O3/c1-13-11-25(12-14(2)28-13)19-6-5-15(9-21-19)10-22-20(26)17-8-16(23-24-17)18-4-3-7-27-18/h3-9,13-14H,10-12H2,1-2H3,(H,22,26)(H,23,24)/t13-,14-/m1/s1. The van der Waals surface area contributed by atoms with Crippen molar-refractivity contribution < 1.29 is 13.9 Å². The molecule has 2 N–H and O–H groups in total. The van der Waals surface area contributed by atoms with Gasteiger partial charge in [-0.15, -0.1) is 0 Å². The summed E-state index contributed by atoms with van der Waals surface area (Å²) in [6.07, 6.45) is 3.73. The predicted molar refractivity (Wildman–Crippen MR) is 104 cm³/mol. The predicted octanol–water partition coefficient (Wildman–Crippen LogP) is 2.61. The third-order valence-corrected chi connectivity index (χ3v) is 4.60. The van der Waals surface area contributed by atoms with Gasteiger partial charge in [0.15, 0.2) is 11.5 Å². The Morgan fingerprint density at radius 1 is 1.29 bits per heavy atom. The summed E-state index contributed by atoms with van der Waals surface area (Å²) in [5, 5.41) is 9.71. The zero-order chi connectivity index (χ0) is 19.5. The second-order valence-corrected chi connectivity index (χ2v) is 7.01. The second kappa shape index (κ2) is 7.85. The van der Waals surface area contributed by atoms with Crippen molar-refractivity contribution in [2.75, 3.05) is 18.0 Å². The van der Waals surface area contributed by atoms with Crippen molar-refractivity contribution in [3.63, 3.8) is 0 Å². The number of amides is 1. The quantitative estimate of drug-likeness (QED) is 0.705. The lowest BCUT2D eigenvalue weighted by atomic mass is 10.2. The summed E-state index contributed by atoms with van der Waals surface area (Å²) < 4.78 is 11.1. The zero-order valence-corrected chi connectivity index (χ0v) is 15.9. The van der Waals surface area contributed by atoms with Gasteiger partial charge in [0, 0.05) is 31.9 Å². The summed E-state index contributed by atoms with van der Waals surface area (Å²) in [5.74, 6) is 1.31. The highest BCUT2D eigenvalue weighted by Gasteiger charge is 2.23. The molecule has 0 unspecified atom stereocenters. The lowest BCUT2D eigenvalue weighted by Gasteiger charge is -2.36. The average molecular weight is 381 g/mol. The molecule has 1 fully saturated rings. The van der Waals surface area contributed by atoms with Crippen LogP contribution in [-0.4, -0.2) is 46.4 Å². The molecule has 3 aromatic heterocycles. The minimum Gasteiger partial charge on any atom is -0.463 e. The van der Waals surface area contributed by atoms with Crippen molar-refractivity contribution in [3.8, 4) is 11.5 Å². The van der Waals surface area contributed by atoms with Gasteiger partial charge in [0.25, 0.3) is 5.91 Å². The molecule has 8 nitrogen and oxygen atoms in total. The molecule has 1 amide bonds. The van der Waals surface area contributed by atoms with Crippen LogP contribution in [-0.2, 0) is 11.3 Å². The lowest BCUT2D eigenvalue weighted by Crippen LogP contribution is -2.45. The minimum absolute atomic E-state index is 0.185. The van der Waals surface area contributed by atoms with E-state index >= 15 is 0 Å². The highest BCUT2D eigenvalue weighted by molar-refractivity contribution is 5.93. The van der Waals surface area contributed by atoms with Crippen LogP contribution in [0, 0.1) is 0 Å². The summed E-state index contributed by atoms with van der Waals surface area (Å²) in [7, 11) is 0. The smallest absolute Gasteiger partial charge is 0.272 e. The molecule has 8 heteroatoms. The number of hydrogen-bond donors (Lipinski definition) is 2. The number of hydrogen-bond acceptors (Lipinski definition) is 6. The number of aromatic nitrogens is 3. The van der Waals surface area contributed by atoms with E-state index in [0.717, 1.165) is 24.5 Å². The van der Waals surface area contributed by atoms with Gasteiger partial charge in [-0.1, -0.05) is 6.07 Å². The first-order valence-electron chi connectivity index (χ1n) is 9.31. The van der Waals surface area contributed by atoms with Crippen molar-refractivity contribution in [2.24, 2.45) is 0 Å². The number of rotatable bonds is 5. The van der Waals surface area contributed by atoms with Crippen LogP contribution in [0.3, 0.4) is 0 Å². The van der Waals surface area contributed by atoms with E-state index in [4.69, 9.17) is 9.15 Å². The monoisotopic (exact) mass is 381 g/mol. The molecule has 0 bridgehead atoms. The Labute approximate surface area is 162 Å². The molecule has 1 saturated heterocycles. The topological polar surface area (TPSA) is 96.3 Å². The molecule has 0 aliphatic carbocycles. The molecule has 146 valence electrons. The number of nitrogens with one attached hydrogen (secondary N) is 2. The molecule has 4 rings (SSSR count). The molecule has 1 aliphatic rings. The maximum atomic E-state index is 12.3. The molecule has 28 heavy (non-hydrogen) atoms. The van der Waals surface area contributed by atoms with Crippen LogP contribution in [0.4, 0.5) is 5.82 Å². The number of pyridine rings is 1. The molecule has 0 saturated carbocycles. The third kappa shape index (κ3) is 4.07. The van der Waals surface area contributed by atoms with Crippen LogP contribution in [0.5, 0.6) is 0 Å². The molecular formula is C20H23N5O3. The summed E-state index contributed by atoms with van der Waals surface area (Å²) in [6, 6.07) is 9.21. The Hall–Kier alpha value is -3.13. The van der Waals surface area contributed by atoms with Crippen molar-refractivity contribution >= 4 is 11.7 Å². The van der Waals surface area contributed by atoms with Crippen LogP contribution in [0.15, 0.2) is 47.2 Å². The van der Waals surface area contributed by atoms with Crippen LogP contribution in [0.2, 0.25) is 0 Å². The van der Waals surface area contributed by atoms with E-state index in [9.17, 15) is 4.79 Å². The van der Waals surface area contributed by atoms with Gasteiger partial charge in [0.05, 0.1) is 18.5 Å². The van der Waals surface area contributed by atoms with Gasteiger partial charge < -0.3 is 19.4 Å². The fourth-order valence-electron chi connectivity index (χ4n) is 3.34. The van der Waals surface area contributed by atoms with E-state index in [2.05, 4.69) is 39.2 Å². The fourth-order valence-corrected chi connectivity index (χ4v) is 3.34. The van der Waals surface area contributed by atoms with E-state index < -0.39 is 0 Å². The Morgan fingerprint density at radius 2 is 2.11 bits per heavy atom. The van der Waals surface area contributed by atoms with Gasteiger partial charge in [-0.05, 0) is 37.6 Å². The maximum absolute atomic E-state index is 12.3. The van der Waals surface area contributed by atoms with E-state index in [1.54, 1.807) is 30.7 Å². The molecule has 3 aromatic rings. The van der Waals surface area contributed by atoms with E-state index in [1.165, 1.54) is 0 Å². The van der Waals surface area contributed by atoms with Crippen LogP contribution < -0.4 is 10.2 Å². The minimum atomic E-state index is -0.256. The number of furan rings is 1. The molecular weight excluding hydrogens is 358 g/mol. The molecule has 1 aliphatic heterocycles. The third-order valence-electron chi connectivity index (χ3n) is 4.60. The van der Waals surface area contributed by atoms with Gasteiger partial charge in [0.2, 0.25) is 0 Å². The number of nitrogens with zero attached hydrogens (tertiary/aromatic N) is 3. The van der Waals surface area contributed by atoms with Crippen molar-refractivity contribution in [1.82, 2.24) is 20.5 Å². The van der Waals surface area contributed by atoms with Gasteiger partial charge in [-0.2, -0.15) is 5.10 Å². The first-order valence-corrected chi connectivity index (χ1v) is 9.31. The summed E-state index contributed by atoms with van der Waals surface area (Å²) >= 11 is 0. The van der Waals surface area contributed by atoms with Gasteiger partial charge in [-0.25, -0.2) is 4.98 Å². The SMILES string of the molecule is C[C@@H]1CN(c2ccc(CNC(=O)c3cc(-c4ccco4)[nH]n3)cn2)C[C@@H](C)O1. The zero-order valence-electron chi connectivity index (χ0n) is 15.9. The first kappa shape index (κ1) is 18.2. The van der Waals surface area contributed by atoms with Crippen LogP contribution >= 0.6 is 0 Å². The lowest BCUT2D eigenvalue weighted by molar-refractivity contribution is -0.00546.